The van der Waals surface area contributed by atoms with Crippen LogP contribution in [0.25, 0.3) is 11.2 Å². The summed E-state index contributed by atoms with van der Waals surface area (Å²) in [6, 6.07) is 0.499. The summed E-state index contributed by atoms with van der Waals surface area (Å²) < 4.78 is 1.93. The number of hydrogen-bond acceptors (Lipinski definition) is 8. The molecule has 0 bridgehead atoms. The molecule has 1 saturated carbocycles. The summed E-state index contributed by atoms with van der Waals surface area (Å²) in [5.41, 5.74) is 7.32. The number of nitrogens with zero attached hydrogens (tertiary/aromatic N) is 5. The number of anilines is 2. The zero-order chi connectivity index (χ0) is 16.1. The lowest BCUT2D eigenvalue weighted by Crippen LogP contribution is -2.22. The van der Waals surface area contributed by atoms with E-state index in [0.717, 1.165) is 24.2 Å². The molecule has 0 radical (unpaired) electrons. The Bertz CT molecular complexity index is 733. The number of aliphatic hydroxyl groups excluding tert-OH is 2. The van der Waals surface area contributed by atoms with Crippen LogP contribution in [0.3, 0.4) is 0 Å². The van der Waals surface area contributed by atoms with E-state index in [9.17, 15) is 10.2 Å². The van der Waals surface area contributed by atoms with Crippen LogP contribution in [0, 0.1) is 0 Å². The number of rotatable bonds is 4. The van der Waals surface area contributed by atoms with Gasteiger partial charge in [-0.15, -0.1) is 11.8 Å². The van der Waals surface area contributed by atoms with Gasteiger partial charge < -0.3 is 25.4 Å². The SMILES string of the molecule is CN(c1nc(N)nc2c1ncn2C1CC(O)C(CO)S1)C1CC1. The van der Waals surface area contributed by atoms with E-state index in [1.165, 1.54) is 11.8 Å². The fourth-order valence-electron chi connectivity index (χ4n) is 3.06. The van der Waals surface area contributed by atoms with Gasteiger partial charge in [-0.3, -0.25) is 0 Å². The standard InChI is InChI=1S/C14H20N6O2S/c1-19(7-2-3-7)12-11-13(18-14(15)17-12)20(6-16-11)10-4-8(22)9(5-21)23-10/h6-10,21-22H,2-5H2,1H3,(H2,15,17,18). The first kappa shape index (κ1) is 15.0. The zero-order valence-electron chi connectivity index (χ0n) is 12.8. The molecule has 3 heterocycles. The Labute approximate surface area is 137 Å². The lowest BCUT2D eigenvalue weighted by molar-refractivity contribution is 0.138. The van der Waals surface area contributed by atoms with E-state index in [0.29, 0.717) is 18.1 Å². The van der Waals surface area contributed by atoms with Crippen LogP contribution in [0.2, 0.25) is 0 Å². The molecule has 3 unspecified atom stereocenters. The Kier molecular flexibility index (Phi) is 3.58. The number of nitrogen functional groups attached to an aromatic ring is 1. The van der Waals surface area contributed by atoms with Gasteiger partial charge in [0.25, 0.3) is 0 Å². The lowest BCUT2D eigenvalue weighted by Gasteiger charge is -2.18. The fraction of sp³-hybridized carbons (Fsp3) is 0.643. The van der Waals surface area contributed by atoms with Gasteiger partial charge in [0, 0.05) is 19.5 Å². The van der Waals surface area contributed by atoms with Crippen molar-refractivity contribution in [1.82, 2.24) is 19.5 Å². The van der Waals surface area contributed by atoms with Gasteiger partial charge in [-0.1, -0.05) is 0 Å². The maximum absolute atomic E-state index is 10.0. The third-order valence-corrected chi connectivity index (χ3v) is 6.09. The second-order valence-corrected chi connectivity index (χ2v) is 7.61. The molecule has 0 aromatic carbocycles. The van der Waals surface area contributed by atoms with Crippen molar-refractivity contribution in [2.75, 3.05) is 24.3 Å². The highest BCUT2D eigenvalue weighted by atomic mass is 32.2. The minimum absolute atomic E-state index is 0.0134. The second kappa shape index (κ2) is 5.50. The number of aromatic nitrogens is 4. The third-order valence-electron chi connectivity index (χ3n) is 4.54. The number of fused-ring (bicyclic) bond motifs is 1. The predicted molar refractivity (Wildman–Crippen MR) is 89.3 cm³/mol. The first-order valence-electron chi connectivity index (χ1n) is 7.75. The van der Waals surface area contributed by atoms with E-state index >= 15 is 0 Å². The summed E-state index contributed by atoms with van der Waals surface area (Å²) in [4.78, 5) is 15.3. The van der Waals surface area contributed by atoms with Crippen LogP contribution in [-0.2, 0) is 0 Å². The number of hydrogen-bond donors (Lipinski definition) is 3. The van der Waals surface area contributed by atoms with Gasteiger partial charge in [-0.05, 0) is 12.8 Å². The van der Waals surface area contributed by atoms with E-state index in [4.69, 9.17) is 5.73 Å². The number of imidazole rings is 1. The molecule has 4 N–H and O–H groups in total. The minimum Gasteiger partial charge on any atom is -0.395 e. The van der Waals surface area contributed by atoms with Crippen LogP contribution in [0.4, 0.5) is 11.8 Å². The Morgan fingerprint density at radius 2 is 2.22 bits per heavy atom. The average Bonchev–Trinajstić information content (AvgIpc) is 3.20. The molecular formula is C14H20N6O2S. The quantitative estimate of drug-likeness (QED) is 0.734. The molecule has 4 rings (SSSR count). The van der Waals surface area contributed by atoms with Crippen LogP contribution >= 0.6 is 11.8 Å². The maximum atomic E-state index is 10.0. The molecule has 1 aliphatic heterocycles. The molecule has 0 spiro atoms. The molecule has 0 amide bonds. The highest BCUT2D eigenvalue weighted by Gasteiger charge is 2.36. The van der Waals surface area contributed by atoms with Gasteiger partial charge in [0.1, 0.15) is 0 Å². The second-order valence-electron chi connectivity index (χ2n) is 6.19. The van der Waals surface area contributed by atoms with E-state index in [-0.39, 0.29) is 23.2 Å². The highest BCUT2D eigenvalue weighted by molar-refractivity contribution is 8.00. The Balaban J connectivity index is 1.75. The predicted octanol–water partition coefficient (Wildman–Crippen LogP) is 0.364. The normalized spacial score (nSPS) is 27.7. The Morgan fingerprint density at radius 1 is 1.43 bits per heavy atom. The molecule has 2 aliphatic rings. The van der Waals surface area contributed by atoms with Gasteiger partial charge in [0.05, 0.1) is 29.7 Å². The van der Waals surface area contributed by atoms with Gasteiger partial charge in [-0.2, -0.15) is 9.97 Å². The highest BCUT2D eigenvalue weighted by Crippen LogP contribution is 2.43. The average molecular weight is 336 g/mol. The van der Waals surface area contributed by atoms with Crippen molar-refractivity contribution in [2.24, 2.45) is 0 Å². The van der Waals surface area contributed by atoms with Crippen LogP contribution in [0.15, 0.2) is 6.33 Å². The van der Waals surface area contributed by atoms with Crippen LogP contribution in [-0.4, -0.2) is 60.8 Å². The number of aliphatic hydroxyl groups is 2. The number of nitrogens with two attached hydrogens (primary N) is 1. The van der Waals surface area contributed by atoms with Crippen molar-refractivity contribution < 1.29 is 10.2 Å². The van der Waals surface area contributed by atoms with Crippen molar-refractivity contribution in [3.8, 4) is 0 Å². The molecule has 1 saturated heterocycles. The summed E-state index contributed by atoms with van der Waals surface area (Å²) in [6.45, 7) is -0.0399. The van der Waals surface area contributed by atoms with Crippen LogP contribution < -0.4 is 10.6 Å². The smallest absolute Gasteiger partial charge is 0.224 e. The van der Waals surface area contributed by atoms with Gasteiger partial charge in [0.15, 0.2) is 17.0 Å². The van der Waals surface area contributed by atoms with Crippen molar-refractivity contribution in [1.29, 1.82) is 0 Å². The molecule has 3 atom stereocenters. The summed E-state index contributed by atoms with van der Waals surface area (Å²) in [6.07, 6.45) is 4.07. The first-order chi connectivity index (χ1) is 11.1. The summed E-state index contributed by atoms with van der Waals surface area (Å²) >= 11 is 1.54. The van der Waals surface area contributed by atoms with Gasteiger partial charge in [-0.25, -0.2) is 4.98 Å². The molecule has 8 nitrogen and oxygen atoms in total. The van der Waals surface area contributed by atoms with Crippen molar-refractivity contribution in [3.63, 3.8) is 0 Å². The van der Waals surface area contributed by atoms with E-state index in [2.05, 4.69) is 19.9 Å². The monoisotopic (exact) mass is 336 g/mol. The third kappa shape index (κ3) is 2.52. The molecule has 2 aromatic rings. The summed E-state index contributed by atoms with van der Waals surface area (Å²) in [7, 11) is 2.01. The topological polar surface area (TPSA) is 113 Å². The lowest BCUT2D eigenvalue weighted by atomic mass is 10.2. The van der Waals surface area contributed by atoms with Crippen molar-refractivity contribution in [2.45, 2.75) is 42.0 Å². The molecule has 9 heteroatoms. The summed E-state index contributed by atoms with van der Waals surface area (Å²) in [5.74, 6) is 0.986. The van der Waals surface area contributed by atoms with E-state index < -0.39 is 6.10 Å². The molecule has 1 aliphatic carbocycles. The van der Waals surface area contributed by atoms with E-state index in [1.807, 2.05) is 11.6 Å². The largest absolute Gasteiger partial charge is 0.395 e. The molecule has 2 fully saturated rings. The zero-order valence-corrected chi connectivity index (χ0v) is 13.6. The fourth-order valence-corrected chi connectivity index (χ4v) is 4.44. The Morgan fingerprint density at radius 3 is 2.87 bits per heavy atom. The van der Waals surface area contributed by atoms with Crippen LogP contribution in [0.1, 0.15) is 24.6 Å². The maximum Gasteiger partial charge on any atom is 0.224 e. The van der Waals surface area contributed by atoms with E-state index in [1.54, 1.807) is 6.33 Å². The van der Waals surface area contributed by atoms with Crippen molar-refractivity contribution >= 4 is 34.7 Å². The molecule has 124 valence electrons. The molecular weight excluding hydrogens is 316 g/mol. The van der Waals surface area contributed by atoms with Crippen molar-refractivity contribution in [3.05, 3.63) is 6.33 Å². The summed E-state index contributed by atoms with van der Waals surface area (Å²) in [5, 5.41) is 19.2. The molecule has 23 heavy (non-hydrogen) atoms. The Hall–Kier alpha value is -1.58. The molecule has 2 aromatic heterocycles. The van der Waals surface area contributed by atoms with Crippen LogP contribution in [0.5, 0.6) is 0 Å². The van der Waals surface area contributed by atoms with Gasteiger partial charge >= 0.3 is 0 Å². The minimum atomic E-state index is -0.528. The van der Waals surface area contributed by atoms with Gasteiger partial charge in [0.2, 0.25) is 5.95 Å². The number of thioether (sulfide) groups is 1. The first-order valence-corrected chi connectivity index (χ1v) is 8.70.